The first-order chi connectivity index (χ1) is 16.3. The Balaban J connectivity index is 2.00. The van der Waals surface area contributed by atoms with Crippen LogP contribution in [-0.2, 0) is 14.3 Å². The van der Waals surface area contributed by atoms with Crippen molar-refractivity contribution in [2.45, 2.75) is 33.1 Å². The van der Waals surface area contributed by atoms with Gasteiger partial charge in [0.25, 0.3) is 0 Å². The van der Waals surface area contributed by atoms with Crippen molar-refractivity contribution in [3.05, 3.63) is 82.7 Å². The number of rotatable bonds is 7. The van der Waals surface area contributed by atoms with Crippen molar-refractivity contribution in [3.63, 3.8) is 0 Å². The maximum Gasteiger partial charge on any atom is 0.340 e. The number of aromatic nitrogens is 1. The number of carbonyl (C=O) groups is 3. The highest BCUT2D eigenvalue weighted by molar-refractivity contribution is 6.07. The third kappa shape index (κ3) is 4.98. The molecule has 7 heteroatoms. The average Bonchev–Trinajstić information content (AvgIpc) is 2.84. The fourth-order valence-corrected chi connectivity index (χ4v) is 4.05. The highest BCUT2D eigenvalue weighted by Gasteiger charge is 2.27. The van der Waals surface area contributed by atoms with E-state index in [4.69, 9.17) is 9.47 Å². The zero-order valence-corrected chi connectivity index (χ0v) is 20.0. The van der Waals surface area contributed by atoms with Gasteiger partial charge in [-0.25, -0.2) is 9.59 Å². The smallest absolute Gasteiger partial charge is 0.340 e. The molecule has 0 saturated carbocycles. The molecule has 0 aliphatic carbocycles. The van der Waals surface area contributed by atoms with Gasteiger partial charge < -0.3 is 14.8 Å². The molecular weight excluding hydrogens is 432 g/mol. The number of aryl methyl sites for hydroxylation is 2. The van der Waals surface area contributed by atoms with Crippen LogP contribution in [0.1, 0.15) is 56.9 Å². The molecule has 0 aliphatic heterocycles. The van der Waals surface area contributed by atoms with Crippen LogP contribution in [0.3, 0.4) is 0 Å². The van der Waals surface area contributed by atoms with Crippen molar-refractivity contribution in [1.82, 2.24) is 4.98 Å². The molecular formula is C27H28N2O5. The van der Waals surface area contributed by atoms with E-state index in [1.165, 1.54) is 14.2 Å². The second-order valence-corrected chi connectivity index (χ2v) is 7.83. The van der Waals surface area contributed by atoms with Crippen molar-refractivity contribution >= 4 is 23.5 Å². The SMILES string of the molecule is CC[C@H](C(=O)Nc1ccc(-c2c(C(=O)OC)c(C)nc(C)c2C(=O)OC)cc1)c1ccccc1. The summed E-state index contributed by atoms with van der Waals surface area (Å²) in [5.74, 6) is -1.59. The molecule has 1 amide bonds. The molecule has 1 heterocycles. The summed E-state index contributed by atoms with van der Waals surface area (Å²) in [6.07, 6.45) is 0.661. The summed E-state index contributed by atoms with van der Waals surface area (Å²) in [5, 5.41) is 2.96. The zero-order valence-electron chi connectivity index (χ0n) is 20.0. The predicted octanol–water partition coefficient (Wildman–Crippen LogP) is 5.07. The Labute approximate surface area is 199 Å². The van der Waals surface area contributed by atoms with E-state index in [0.717, 1.165) is 5.56 Å². The van der Waals surface area contributed by atoms with Crippen molar-refractivity contribution in [3.8, 4) is 11.1 Å². The minimum absolute atomic E-state index is 0.109. The van der Waals surface area contributed by atoms with Gasteiger partial charge in [-0.2, -0.15) is 0 Å². The molecule has 1 N–H and O–H groups in total. The second kappa shape index (κ2) is 10.7. The number of nitrogens with zero attached hydrogens (tertiary/aromatic N) is 1. The molecule has 3 aromatic rings. The van der Waals surface area contributed by atoms with Crippen LogP contribution in [0.2, 0.25) is 0 Å². The van der Waals surface area contributed by atoms with Gasteiger partial charge in [0.15, 0.2) is 0 Å². The molecule has 0 unspecified atom stereocenters. The fourth-order valence-electron chi connectivity index (χ4n) is 4.05. The van der Waals surface area contributed by atoms with Crippen LogP contribution >= 0.6 is 0 Å². The first-order valence-corrected chi connectivity index (χ1v) is 11.0. The van der Waals surface area contributed by atoms with Gasteiger partial charge in [0, 0.05) is 11.3 Å². The van der Waals surface area contributed by atoms with Crippen molar-refractivity contribution < 1.29 is 23.9 Å². The summed E-state index contributed by atoms with van der Waals surface area (Å²) in [7, 11) is 2.55. The van der Waals surface area contributed by atoms with Crippen LogP contribution < -0.4 is 5.32 Å². The number of amides is 1. The maximum atomic E-state index is 12.9. The molecule has 1 atom stereocenters. The topological polar surface area (TPSA) is 94.6 Å². The number of ether oxygens (including phenoxy) is 2. The summed E-state index contributed by atoms with van der Waals surface area (Å²) in [6, 6.07) is 16.6. The molecule has 176 valence electrons. The van der Waals surface area contributed by atoms with Gasteiger partial charge in [-0.1, -0.05) is 49.4 Å². The second-order valence-electron chi connectivity index (χ2n) is 7.83. The van der Waals surface area contributed by atoms with Gasteiger partial charge in [-0.05, 0) is 43.5 Å². The molecule has 0 bridgehead atoms. The van der Waals surface area contributed by atoms with Crippen LogP contribution in [0.4, 0.5) is 5.69 Å². The number of anilines is 1. The highest BCUT2D eigenvalue weighted by atomic mass is 16.5. The van der Waals surface area contributed by atoms with Crippen LogP contribution in [0.5, 0.6) is 0 Å². The molecule has 2 aromatic carbocycles. The number of esters is 2. The van der Waals surface area contributed by atoms with Gasteiger partial charge >= 0.3 is 11.9 Å². The van der Waals surface area contributed by atoms with Gasteiger partial charge in [0.1, 0.15) is 0 Å². The lowest BCUT2D eigenvalue weighted by atomic mass is 9.92. The lowest BCUT2D eigenvalue weighted by Gasteiger charge is -2.18. The number of methoxy groups -OCH3 is 2. The van der Waals surface area contributed by atoms with E-state index in [9.17, 15) is 14.4 Å². The van der Waals surface area contributed by atoms with Gasteiger partial charge in [0.05, 0.1) is 42.7 Å². The molecule has 0 spiro atoms. The molecule has 34 heavy (non-hydrogen) atoms. The van der Waals surface area contributed by atoms with Gasteiger partial charge in [-0.15, -0.1) is 0 Å². The maximum absolute atomic E-state index is 12.9. The third-order valence-corrected chi connectivity index (χ3v) is 5.71. The van der Waals surface area contributed by atoms with E-state index in [-0.39, 0.29) is 23.0 Å². The third-order valence-electron chi connectivity index (χ3n) is 5.71. The zero-order chi connectivity index (χ0) is 24.8. The Morgan fingerprint density at radius 1 is 0.853 bits per heavy atom. The first-order valence-electron chi connectivity index (χ1n) is 11.0. The Morgan fingerprint density at radius 2 is 1.38 bits per heavy atom. The minimum atomic E-state index is -0.601. The van der Waals surface area contributed by atoms with E-state index < -0.39 is 11.9 Å². The van der Waals surface area contributed by atoms with E-state index in [1.807, 2.05) is 37.3 Å². The molecule has 0 aliphatic rings. The van der Waals surface area contributed by atoms with Crippen molar-refractivity contribution in [2.75, 3.05) is 19.5 Å². The minimum Gasteiger partial charge on any atom is -0.465 e. The van der Waals surface area contributed by atoms with Crippen LogP contribution in [-0.4, -0.2) is 37.0 Å². The van der Waals surface area contributed by atoms with Crippen molar-refractivity contribution in [1.29, 1.82) is 0 Å². The number of pyridine rings is 1. The predicted molar refractivity (Wildman–Crippen MR) is 130 cm³/mol. The summed E-state index contributed by atoms with van der Waals surface area (Å²) < 4.78 is 9.91. The Bertz CT molecular complexity index is 1160. The summed E-state index contributed by atoms with van der Waals surface area (Å²) in [4.78, 5) is 42.4. The quantitative estimate of drug-likeness (QED) is 0.495. The Hall–Kier alpha value is -4.00. The number of carbonyl (C=O) groups excluding carboxylic acids is 3. The van der Waals surface area contributed by atoms with Crippen LogP contribution in [0.25, 0.3) is 11.1 Å². The van der Waals surface area contributed by atoms with Crippen LogP contribution in [0, 0.1) is 13.8 Å². The van der Waals surface area contributed by atoms with Gasteiger partial charge in [-0.3, -0.25) is 9.78 Å². The average molecular weight is 461 g/mol. The molecule has 7 nitrogen and oxygen atoms in total. The largest absolute Gasteiger partial charge is 0.465 e. The fraction of sp³-hybridized carbons (Fsp3) is 0.259. The van der Waals surface area contributed by atoms with Gasteiger partial charge in [0.2, 0.25) is 5.91 Å². The lowest BCUT2D eigenvalue weighted by molar-refractivity contribution is -0.117. The summed E-state index contributed by atoms with van der Waals surface area (Å²) >= 11 is 0. The van der Waals surface area contributed by atoms with E-state index >= 15 is 0 Å². The Kier molecular flexibility index (Phi) is 7.79. The summed E-state index contributed by atoms with van der Waals surface area (Å²) in [6.45, 7) is 5.34. The summed E-state index contributed by atoms with van der Waals surface area (Å²) in [5.41, 5.74) is 3.81. The lowest BCUT2D eigenvalue weighted by Crippen LogP contribution is -2.20. The van der Waals surface area contributed by atoms with E-state index in [2.05, 4.69) is 10.3 Å². The number of benzene rings is 2. The highest BCUT2D eigenvalue weighted by Crippen LogP contribution is 2.33. The van der Waals surface area contributed by atoms with E-state index in [0.29, 0.717) is 34.6 Å². The molecule has 0 saturated heterocycles. The molecule has 0 radical (unpaired) electrons. The number of hydrogen-bond acceptors (Lipinski definition) is 6. The van der Waals surface area contributed by atoms with E-state index in [1.54, 1.807) is 38.1 Å². The normalized spacial score (nSPS) is 11.4. The first kappa shape index (κ1) is 24.6. The van der Waals surface area contributed by atoms with Crippen LogP contribution in [0.15, 0.2) is 54.6 Å². The molecule has 3 rings (SSSR count). The number of hydrogen-bond donors (Lipinski definition) is 1. The Morgan fingerprint density at radius 3 is 1.85 bits per heavy atom. The molecule has 1 aromatic heterocycles. The van der Waals surface area contributed by atoms with Crippen molar-refractivity contribution in [2.24, 2.45) is 0 Å². The standard InChI is InChI=1S/C27H28N2O5/c1-6-21(18-10-8-7-9-11-18)25(30)29-20-14-12-19(13-15-20)24-22(26(31)33-4)16(2)28-17(3)23(24)27(32)34-5/h7-15,21H,6H2,1-5H3,(H,29,30)/t21-/m0/s1. The molecule has 0 fully saturated rings. The monoisotopic (exact) mass is 460 g/mol. The number of nitrogens with one attached hydrogen (secondary N) is 1.